The van der Waals surface area contributed by atoms with E-state index in [1.54, 1.807) is 12.4 Å². The van der Waals surface area contributed by atoms with Crippen LogP contribution in [-0.2, 0) is 15.9 Å². The lowest BCUT2D eigenvalue weighted by atomic mass is 10.1. The second kappa shape index (κ2) is 6.58. The largest absolute Gasteiger partial charge is 0.377 e. The molecule has 0 spiro atoms. The molecule has 3 aliphatic rings. The Labute approximate surface area is 157 Å². The summed E-state index contributed by atoms with van der Waals surface area (Å²) < 4.78 is 11.3. The summed E-state index contributed by atoms with van der Waals surface area (Å²) in [5, 5.41) is 0. The summed E-state index contributed by atoms with van der Waals surface area (Å²) in [5.74, 6) is 2.89. The van der Waals surface area contributed by atoms with E-state index in [1.807, 2.05) is 0 Å². The highest BCUT2D eigenvalue weighted by Crippen LogP contribution is 2.39. The molecule has 2 aromatic heterocycles. The van der Waals surface area contributed by atoms with Gasteiger partial charge in [-0.1, -0.05) is 0 Å². The molecule has 27 heavy (non-hydrogen) atoms. The summed E-state index contributed by atoms with van der Waals surface area (Å²) in [6, 6.07) is 0.596. The molecule has 5 rings (SSSR count). The summed E-state index contributed by atoms with van der Waals surface area (Å²) in [6.07, 6.45) is 4.28. The predicted molar refractivity (Wildman–Crippen MR) is 101 cm³/mol. The van der Waals surface area contributed by atoms with E-state index in [1.165, 1.54) is 5.56 Å². The highest BCUT2D eigenvalue weighted by atomic mass is 16.5. The molecule has 2 aromatic rings. The minimum atomic E-state index is 0.246. The molecule has 0 bridgehead atoms. The molecule has 2 atom stereocenters. The quantitative estimate of drug-likeness (QED) is 0.810. The molecule has 9 heteroatoms. The zero-order valence-electron chi connectivity index (χ0n) is 15.3. The molecule has 5 heterocycles. The standard InChI is InChI=1S/C18H23N7O2/c1-11-9-26-4-2-24(11)16-14-6-13-10-27-5-3-25(13)17(14)23-15(22-16)12-7-20-18(19)21-8-12/h7-8,11,13H,2-6,9-10H2,1H3,(H2,19,20,21)/t11-,13-/m1/s1. The minimum Gasteiger partial charge on any atom is -0.377 e. The molecule has 0 amide bonds. The monoisotopic (exact) mass is 369 g/mol. The smallest absolute Gasteiger partial charge is 0.219 e. The maximum Gasteiger partial charge on any atom is 0.219 e. The first-order chi connectivity index (χ1) is 13.2. The summed E-state index contributed by atoms with van der Waals surface area (Å²) in [7, 11) is 0. The Balaban J connectivity index is 1.63. The highest BCUT2D eigenvalue weighted by Gasteiger charge is 2.38. The SMILES string of the molecule is C[C@@H]1COCCN1c1nc(-c2cnc(N)nc2)nc2c1C[C@@H]1COCCN21. The number of ether oxygens (including phenoxy) is 2. The van der Waals surface area contributed by atoms with Gasteiger partial charge in [-0.2, -0.15) is 0 Å². The molecular weight excluding hydrogens is 346 g/mol. The van der Waals surface area contributed by atoms with Gasteiger partial charge in [0.2, 0.25) is 5.95 Å². The highest BCUT2D eigenvalue weighted by molar-refractivity contribution is 5.70. The van der Waals surface area contributed by atoms with Crippen LogP contribution >= 0.6 is 0 Å². The number of anilines is 3. The maximum atomic E-state index is 5.69. The van der Waals surface area contributed by atoms with Crippen LogP contribution in [0.25, 0.3) is 11.4 Å². The average molecular weight is 369 g/mol. The fraction of sp³-hybridized carbons (Fsp3) is 0.556. The summed E-state index contributed by atoms with van der Waals surface area (Å²) in [4.78, 5) is 22.8. The molecule has 0 aromatic carbocycles. The third kappa shape index (κ3) is 2.87. The zero-order chi connectivity index (χ0) is 18.4. The number of morpholine rings is 2. The first-order valence-electron chi connectivity index (χ1n) is 9.38. The van der Waals surface area contributed by atoms with E-state index >= 15 is 0 Å². The van der Waals surface area contributed by atoms with Crippen molar-refractivity contribution in [3.05, 3.63) is 18.0 Å². The molecule has 0 saturated carbocycles. The number of hydrogen-bond acceptors (Lipinski definition) is 9. The van der Waals surface area contributed by atoms with Crippen LogP contribution in [0.3, 0.4) is 0 Å². The van der Waals surface area contributed by atoms with E-state index in [0.29, 0.717) is 25.1 Å². The first-order valence-corrected chi connectivity index (χ1v) is 9.38. The van der Waals surface area contributed by atoms with Crippen LogP contribution in [-0.4, -0.2) is 71.5 Å². The van der Waals surface area contributed by atoms with Crippen molar-refractivity contribution in [3.63, 3.8) is 0 Å². The second-order valence-electron chi connectivity index (χ2n) is 7.25. The lowest BCUT2D eigenvalue weighted by molar-refractivity contribution is 0.0967. The molecule has 0 unspecified atom stereocenters. The predicted octanol–water partition coefficient (Wildman–Crippen LogP) is 0.502. The zero-order valence-corrected chi connectivity index (χ0v) is 15.3. The van der Waals surface area contributed by atoms with Gasteiger partial charge in [0.25, 0.3) is 0 Å². The number of nitrogen functional groups attached to an aromatic ring is 1. The van der Waals surface area contributed by atoms with Crippen molar-refractivity contribution >= 4 is 17.6 Å². The normalized spacial score (nSPS) is 24.6. The van der Waals surface area contributed by atoms with Gasteiger partial charge in [0.05, 0.1) is 44.1 Å². The average Bonchev–Trinajstić information content (AvgIpc) is 3.07. The Hall–Kier alpha value is -2.52. The fourth-order valence-electron chi connectivity index (χ4n) is 4.08. The Morgan fingerprint density at radius 2 is 1.67 bits per heavy atom. The first kappa shape index (κ1) is 16.6. The van der Waals surface area contributed by atoms with Gasteiger partial charge >= 0.3 is 0 Å². The van der Waals surface area contributed by atoms with Crippen LogP contribution in [0.1, 0.15) is 12.5 Å². The molecule has 2 fully saturated rings. The molecule has 0 radical (unpaired) electrons. The molecule has 2 saturated heterocycles. The van der Waals surface area contributed by atoms with Crippen molar-refractivity contribution in [2.24, 2.45) is 0 Å². The van der Waals surface area contributed by atoms with Gasteiger partial charge in [0.15, 0.2) is 5.82 Å². The van der Waals surface area contributed by atoms with Crippen LogP contribution < -0.4 is 15.5 Å². The minimum absolute atomic E-state index is 0.246. The number of nitrogens with zero attached hydrogens (tertiary/aromatic N) is 6. The van der Waals surface area contributed by atoms with Gasteiger partial charge in [-0.25, -0.2) is 19.9 Å². The Kier molecular flexibility index (Phi) is 4.05. The van der Waals surface area contributed by atoms with Gasteiger partial charge in [-0.15, -0.1) is 0 Å². The van der Waals surface area contributed by atoms with Crippen molar-refractivity contribution in [1.82, 2.24) is 19.9 Å². The third-order valence-corrected chi connectivity index (χ3v) is 5.47. The van der Waals surface area contributed by atoms with E-state index in [0.717, 1.165) is 49.9 Å². The maximum absolute atomic E-state index is 5.69. The Morgan fingerprint density at radius 1 is 1.00 bits per heavy atom. The van der Waals surface area contributed by atoms with Crippen molar-refractivity contribution in [2.45, 2.75) is 25.4 Å². The lowest BCUT2D eigenvalue weighted by Crippen LogP contribution is -2.44. The van der Waals surface area contributed by atoms with Crippen molar-refractivity contribution in [2.75, 3.05) is 55.1 Å². The molecule has 2 N–H and O–H groups in total. The fourth-order valence-corrected chi connectivity index (χ4v) is 4.08. The Morgan fingerprint density at radius 3 is 2.41 bits per heavy atom. The van der Waals surface area contributed by atoms with Gasteiger partial charge < -0.3 is 25.0 Å². The van der Waals surface area contributed by atoms with E-state index < -0.39 is 0 Å². The van der Waals surface area contributed by atoms with Gasteiger partial charge in [-0.05, 0) is 6.92 Å². The third-order valence-electron chi connectivity index (χ3n) is 5.47. The lowest BCUT2D eigenvalue weighted by Gasteiger charge is -2.35. The molecule has 0 aliphatic carbocycles. The number of aromatic nitrogens is 4. The van der Waals surface area contributed by atoms with Crippen molar-refractivity contribution in [3.8, 4) is 11.4 Å². The van der Waals surface area contributed by atoms with E-state index in [9.17, 15) is 0 Å². The van der Waals surface area contributed by atoms with E-state index in [-0.39, 0.29) is 12.0 Å². The van der Waals surface area contributed by atoms with E-state index in [4.69, 9.17) is 25.2 Å². The van der Waals surface area contributed by atoms with Crippen molar-refractivity contribution < 1.29 is 9.47 Å². The van der Waals surface area contributed by atoms with Crippen molar-refractivity contribution in [1.29, 1.82) is 0 Å². The number of nitrogens with two attached hydrogens (primary N) is 1. The summed E-state index contributed by atoms with van der Waals surface area (Å²) in [5.41, 5.74) is 7.62. The van der Waals surface area contributed by atoms with Crippen LogP contribution in [0.15, 0.2) is 12.4 Å². The number of hydrogen-bond donors (Lipinski definition) is 1. The van der Waals surface area contributed by atoms with Gasteiger partial charge in [-0.3, -0.25) is 0 Å². The topological polar surface area (TPSA) is 103 Å². The van der Waals surface area contributed by atoms with Crippen LogP contribution in [0.4, 0.5) is 17.6 Å². The van der Waals surface area contributed by atoms with Gasteiger partial charge in [0, 0.05) is 37.5 Å². The van der Waals surface area contributed by atoms with Crippen LogP contribution in [0.5, 0.6) is 0 Å². The molecular formula is C18H23N7O2. The number of fused-ring (bicyclic) bond motifs is 3. The van der Waals surface area contributed by atoms with Crippen LogP contribution in [0, 0.1) is 0 Å². The summed E-state index contributed by atoms with van der Waals surface area (Å²) in [6.45, 7) is 6.71. The molecule has 9 nitrogen and oxygen atoms in total. The van der Waals surface area contributed by atoms with E-state index in [2.05, 4.69) is 26.7 Å². The Bertz CT molecular complexity index is 844. The molecule has 142 valence electrons. The van der Waals surface area contributed by atoms with Gasteiger partial charge in [0.1, 0.15) is 11.6 Å². The second-order valence-corrected chi connectivity index (χ2v) is 7.25. The molecule has 3 aliphatic heterocycles. The number of rotatable bonds is 2. The summed E-state index contributed by atoms with van der Waals surface area (Å²) >= 11 is 0. The van der Waals surface area contributed by atoms with Crippen LogP contribution in [0.2, 0.25) is 0 Å².